The van der Waals surface area contributed by atoms with Crippen LogP contribution in [0.3, 0.4) is 0 Å². The molecule has 2 aliphatic heterocycles. The minimum atomic E-state index is 0.627. The molecule has 0 saturated carbocycles. The molecule has 0 aliphatic carbocycles. The third kappa shape index (κ3) is 3.07. The Labute approximate surface area is 121 Å². The number of anilines is 2. The zero-order chi connectivity index (χ0) is 13.8. The van der Waals surface area contributed by atoms with Crippen molar-refractivity contribution >= 4 is 11.4 Å². The fourth-order valence-corrected chi connectivity index (χ4v) is 3.14. The molecule has 0 amide bonds. The lowest BCUT2D eigenvalue weighted by atomic mass is 10.1. The summed E-state index contributed by atoms with van der Waals surface area (Å²) in [5, 5.41) is 3.40. The van der Waals surface area contributed by atoms with Gasteiger partial charge >= 0.3 is 0 Å². The van der Waals surface area contributed by atoms with Crippen LogP contribution < -0.4 is 15.1 Å². The second kappa shape index (κ2) is 6.46. The Morgan fingerprint density at radius 2 is 1.65 bits per heavy atom. The van der Waals surface area contributed by atoms with Crippen molar-refractivity contribution in [1.82, 2.24) is 5.32 Å². The van der Waals surface area contributed by atoms with Crippen molar-refractivity contribution in [3.05, 3.63) is 24.3 Å². The Morgan fingerprint density at radius 3 is 2.30 bits per heavy atom. The van der Waals surface area contributed by atoms with Gasteiger partial charge in [-0.1, -0.05) is 0 Å². The number of benzene rings is 1. The van der Waals surface area contributed by atoms with Crippen LogP contribution in [0, 0.1) is 0 Å². The van der Waals surface area contributed by atoms with Gasteiger partial charge in [0.1, 0.15) is 0 Å². The molecule has 1 atom stereocenters. The van der Waals surface area contributed by atoms with Gasteiger partial charge in [0, 0.05) is 43.6 Å². The highest BCUT2D eigenvalue weighted by molar-refractivity contribution is 5.56. The molecule has 1 aromatic carbocycles. The van der Waals surface area contributed by atoms with Gasteiger partial charge in [-0.2, -0.15) is 0 Å². The molecule has 1 N–H and O–H groups in total. The molecular weight excluding hydrogens is 250 g/mol. The maximum absolute atomic E-state index is 5.41. The van der Waals surface area contributed by atoms with Crippen LogP contribution in [0.5, 0.6) is 0 Å². The standard InChI is InChI=1S/C16H25N3O/c1-17-14-3-2-8-19(13-14)16-6-4-15(5-7-16)18-9-11-20-12-10-18/h4-7,14,17H,2-3,8-13H2,1H3. The van der Waals surface area contributed by atoms with Crippen molar-refractivity contribution in [3.63, 3.8) is 0 Å². The maximum Gasteiger partial charge on any atom is 0.0642 e. The SMILES string of the molecule is CNC1CCCN(c2ccc(N3CCOCC3)cc2)C1. The second-order valence-electron chi connectivity index (χ2n) is 5.69. The van der Waals surface area contributed by atoms with Gasteiger partial charge in [-0.3, -0.25) is 0 Å². The molecule has 20 heavy (non-hydrogen) atoms. The van der Waals surface area contributed by atoms with Gasteiger partial charge < -0.3 is 19.9 Å². The number of nitrogens with one attached hydrogen (secondary N) is 1. The molecule has 4 heteroatoms. The molecule has 110 valence electrons. The quantitative estimate of drug-likeness (QED) is 0.909. The van der Waals surface area contributed by atoms with E-state index < -0.39 is 0 Å². The minimum absolute atomic E-state index is 0.627. The van der Waals surface area contributed by atoms with Gasteiger partial charge in [0.15, 0.2) is 0 Å². The Bertz CT molecular complexity index is 414. The summed E-state index contributed by atoms with van der Waals surface area (Å²) in [6, 6.07) is 9.67. The smallest absolute Gasteiger partial charge is 0.0642 e. The van der Waals surface area contributed by atoms with Gasteiger partial charge in [-0.25, -0.2) is 0 Å². The van der Waals surface area contributed by atoms with E-state index in [2.05, 4.69) is 46.4 Å². The van der Waals surface area contributed by atoms with Gasteiger partial charge in [-0.15, -0.1) is 0 Å². The lowest BCUT2D eigenvalue weighted by molar-refractivity contribution is 0.122. The van der Waals surface area contributed by atoms with Crippen molar-refractivity contribution in [2.45, 2.75) is 18.9 Å². The molecule has 0 radical (unpaired) electrons. The molecular formula is C16H25N3O. The number of hydrogen-bond donors (Lipinski definition) is 1. The highest BCUT2D eigenvalue weighted by Crippen LogP contribution is 2.24. The maximum atomic E-state index is 5.41. The van der Waals surface area contributed by atoms with E-state index in [1.807, 2.05) is 0 Å². The number of ether oxygens (including phenoxy) is 1. The van der Waals surface area contributed by atoms with E-state index >= 15 is 0 Å². The van der Waals surface area contributed by atoms with Gasteiger partial charge in [-0.05, 0) is 44.2 Å². The van der Waals surface area contributed by atoms with Crippen LogP contribution in [-0.4, -0.2) is 52.5 Å². The van der Waals surface area contributed by atoms with Gasteiger partial charge in [0.05, 0.1) is 13.2 Å². The van der Waals surface area contributed by atoms with Gasteiger partial charge in [0.25, 0.3) is 0 Å². The Morgan fingerprint density at radius 1 is 1.00 bits per heavy atom. The summed E-state index contributed by atoms with van der Waals surface area (Å²) >= 11 is 0. The van der Waals surface area contributed by atoms with E-state index in [9.17, 15) is 0 Å². The summed E-state index contributed by atoms with van der Waals surface area (Å²) in [6.45, 7) is 5.99. The molecule has 1 unspecified atom stereocenters. The number of likely N-dealkylation sites (N-methyl/N-ethyl adjacent to an activating group) is 1. The average molecular weight is 275 g/mol. The summed E-state index contributed by atoms with van der Waals surface area (Å²) in [5.74, 6) is 0. The first-order valence-electron chi connectivity index (χ1n) is 7.72. The zero-order valence-electron chi connectivity index (χ0n) is 12.3. The fourth-order valence-electron chi connectivity index (χ4n) is 3.14. The third-order valence-electron chi connectivity index (χ3n) is 4.42. The van der Waals surface area contributed by atoms with E-state index in [0.717, 1.165) is 32.8 Å². The molecule has 0 aromatic heterocycles. The molecule has 2 fully saturated rings. The van der Waals surface area contributed by atoms with Crippen molar-refractivity contribution in [3.8, 4) is 0 Å². The van der Waals surface area contributed by atoms with E-state index in [0.29, 0.717) is 6.04 Å². The van der Waals surface area contributed by atoms with E-state index in [-0.39, 0.29) is 0 Å². The summed E-state index contributed by atoms with van der Waals surface area (Å²) < 4.78 is 5.41. The van der Waals surface area contributed by atoms with Crippen LogP contribution in [-0.2, 0) is 4.74 Å². The van der Waals surface area contributed by atoms with E-state index in [1.165, 1.54) is 30.8 Å². The summed E-state index contributed by atoms with van der Waals surface area (Å²) in [5.41, 5.74) is 2.67. The summed E-state index contributed by atoms with van der Waals surface area (Å²) in [4.78, 5) is 4.90. The number of piperidine rings is 1. The molecule has 4 nitrogen and oxygen atoms in total. The van der Waals surface area contributed by atoms with Crippen molar-refractivity contribution < 1.29 is 4.74 Å². The average Bonchev–Trinajstić information content (AvgIpc) is 2.56. The molecule has 0 spiro atoms. The van der Waals surface area contributed by atoms with Crippen LogP contribution in [0.25, 0.3) is 0 Å². The molecule has 1 aromatic rings. The normalized spacial score (nSPS) is 23.9. The monoisotopic (exact) mass is 275 g/mol. The molecule has 2 aliphatic rings. The first kappa shape index (κ1) is 13.7. The van der Waals surface area contributed by atoms with Crippen LogP contribution in [0.1, 0.15) is 12.8 Å². The second-order valence-corrected chi connectivity index (χ2v) is 5.69. The zero-order valence-corrected chi connectivity index (χ0v) is 12.3. The first-order valence-corrected chi connectivity index (χ1v) is 7.72. The van der Waals surface area contributed by atoms with Crippen molar-refractivity contribution in [2.24, 2.45) is 0 Å². The predicted molar refractivity (Wildman–Crippen MR) is 83.8 cm³/mol. The summed E-state index contributed by atoms with van der Waals surface area (Å²) in [7, 11) is 2.07. The van der Waals surface area contributed by atoms with Crippen molar-refractivity contribution in [1.29, 1.82) is 0 Å². The van der Waals surface area contributed by atoms with E-state index in [4.69, 9.17) is 4.74 Å². The number of rotatable bonds is 3. The fraction of sp³-hybridized carbons (Fsp3) is 0.625. The first-order chi connectivity index (χ1) is 9.86. The van der Waals surface area contributed by atoms with Crippen molar-refractivity contribution in [2.75, 3.05) is 56.2 Å². The van der Waals surface area contributed by atoms with Crippen LogP contribution >= 0.6 is 0 Å². The van der Waals surface area contributed by atoms with Crippen LogP contribution in [0.2, 0.25) is 0 Å². The van der Waals surface area contributed by atoms with Crippen LogP contribution in [0.4, 0.5) is 11.4 Å². The number of morpholine rings is 1. The Hall–Kier alpha value is -1.26. The van der Waals surface area contributed by atoms with Crippen LogP contribution in [0.15, 0.2) is 24.3 Å². The lowest BCUT2D eigenvalue weighted by Gasteiger charge is -2.35. The molecule has 2 saturated heterocycles. The molecule has 2 heterocycles. The highest BCUT2D eigenvalue weighted by Gasteiger charge is 2.19. The predicted octanol–water partition coefficient (Wildman–Crippen LogP) is 1.71. The minimum Gasteiger partial charge on any atom is -0.378 e. The summed E-state index contributed by atoms with van der Waals surface area (Å²) in [6.07, 6.45) is 2.57. The van der Waals surface area contributed by atoms with E-state index in [1.54, 1.807) is 0 Å². The number of nitrogens with zero attached hydrogens (tertiary/aromatic N) is 2. The van der Waals surface area contributed by atoms with Gasteiger partial charge in [0.2, 0.25) is 0 Å². The third-order valence-corrected chi connectivity index (χ3v) is 4.42. The molecule has 0 bridgehead atoms. The lowest BCUT2D eigenvalue weighted by Crippen LogP contribution is -2.44. The number of hydrogen-bond acceptors (Lipinski definition) is 4. The Balaban J connectivity index is 1.66. The highest BCUT2D eigenvalue weighted by atomic mass is 16.5. The largest absolute Gasteiger partial charge is 0.378 e. The topological polar surface area (TPSA) is 27.7 Å². The molecule has 3 rings (SSSR count). The Kier molecular flexibility index (Phi) is 4.43.